The van der Waals surface area contributed by atoms with E-state index in [1.807, 2.05) is 0 Å². The largest absolute Gasteiger partial charge is 0.481 e. The maximum atomic E-state index is 11.5. The van der Waals surface area contributed by atoms with Crippen LogP contribution in [0.15, 0.2) is 24.3 Å². The molecule has 3 unspecified atom stereocenters. The molecule has 1 aliphatic rings. The summed E-state index contributed by atoms with van der Waals surface area (Å²) in [5, 5.41) is 9.44. The summed E-state index contributed by atoms with van der Waals surface area (Å²) >= 11 is 0. The SMILES string of the molecule is CCCC1CCC(C(=O)O)C(c2ccc(C)cc2)C1. The fourth-order valence-corrected chi connectivity index (χ4v) is 3.41. The topological polar surface area (TPSA) is 37.3 Å². The Kier molecular flexibility index (Phi) is 4.62. The van der Waals surface area contributed by atoms with Gasteiger partial charge in [-0.3, -0.25) is 4.79 Å². The third-order valence-electron chi connectivity index (χ3n) is 4.48. The molecule has 19 heavy (non-hydrogen) atoms. The number of hydrogen-bond donors (Lipinski definition) is 1. The van der Waals surface area contributed by atoms with Crippen LogP contribution in [0.3, 0.4) is 0 Å². The first-order valence-electron chi connectivity index (χ1n) is 7.41. The summed E-state index contributed by atoms with van der Waals surface area (Å²) in [5.41, 5.74) is 2.44. The lowest BCUT2D eigenvalue weighted by atomic mass is 9.70. The van der Waals surface area contributed by atoms with Crippen LogP contribution in [0.5, 0.6) is 0 Å². The smallest absolute Gasteiger partial charge is 0.307 e. The van der Waals surface area contributed by atoms with Gasteiger partial charge in [-0.15, -0.1) is 0 Å². The second-order valence-corrected chi connectivity index (χ2v) is 5.93. The molecule has 0 heterocycles. The van der Waals surface area contributed by atoms with Crippen LogP contribution in [-0.4, -0.2) is 11.1 Å². The fraction of sp³-hybridized carbons (Fsp3) is 0.588. The van der Waals surface area contributed by atoms with Gasteiger partial charge in [0.05, 0.1) is 5.92 Å². The van der Waals surface area contributed by atoms with Crippen LogP contribution in [-0.2, 0) is 4.79 Å². The number of aryl methyl sites for hydroxylation is 1. The Morgan fingerprint density at radius 3 is 2.53 bits per heavy atom. The van der Waals surface area contributed by atoms with Crippen molar-refractivity contribution < 1.29 is 9.90 Å². The van der Waals surface area contributed by atoms with Crippen LogP contribution in [0.25, 0.3) is 0 Å². The van der Waals surface area contributed by atoms with E-state index in [4.69, 9.17) is 0 Å². The monoisotopic (exact) mass is 260 g/mol. The summed E-state index contributed by atoms with van der Waals surface area (Å²) in [6.07, 6.45) is 5.37. The van der Waals surface area contributed by atoms with Crippen molar-refractivity contribution in [1.29, 1.82) is 0 Å². The van der Waals surface area contributed by atoms with Crippen molar-refractivity contribution in [1.82, 2.24) is 0 Å². The highest BCUT2D eigenvalue weighted by molar-refractivity contribution is 5.71. The van der Waals surface area contributed by atoms with Crippen molar-refractivity contribution in [2.24, 2.45) is 11.8 Å². The highest BCUT2D eigenvalue weighted by Gasteiger charge is 2.35. The molecule has 0 aromatic heterocycles. The normalized spacial score (nSPS) is 27.2. The van der Waals surface area contributed by atoms with E-state index in [2.05, 4.69) is 38.1 Å². The third-order valence-corrected chi connectivity index (χ3v) is 4.48. The van der Waals surface area contributed by atoms with Crippen LogP contribution in [0, 0.1) is 18.8 Å². The lowest BCUT2D eigenvalue weighted by molar-refractivity contribution is -0.143. The highest BCUT2D eigenvalue weighted by Crippen LogP contribution is 2.42. The predicted octanol–water partition coefficient (Wildman–Crippen LogP) is 4.38. The minimum atomic E-state index is -0.625. The molecule has 0 radical (unpaired) electrons. The van der Waals surface area contributed by atoms with Gasteiger partial charge < -0.3 is 5.11 Å². The zero-order valence-corrected chi connectivity index (χ0v) is 11.9. The fourth-order valence-electron chi connectivity index (χ4n) is 3.41. The van der Waals surface area contributed by atoms with Gasteiger partial charge in [0.25, 0.3) is 0 Å². The van der Waals surface area contributed by atoms with Gasteiger partial charge in [-0.25, -0.2) is 0 Å². The van der Waals surface area contributed by atoms with Gasteiger partial charge in [-0.2, -0.15) is 0 Å². The molecule has 104 valence electrons. The summed E-state index contributed by atoms with van der Waals surface area (Å²) in [7, 11) is 0. The van der Waals surface area contributed by atoms with Gasteiger partial charge in [-0.05, 0) is 43.6 Å². The Morgan fingerprint density at radius 1 is 1.26 bits per heavy atom. The molecule has 2 heteroatoms. The van der Waals surface area contributed by atoms with Gasteiger partial charge in [0, 0.05) is 0 Å². The molecule has 0 amide bonds. The van der Waals surface area contributed by atoms with Crippen molar-refractivity contribution in [2.45, 2.75) is 51.9 Å². The second-order valence-electron chi connectivity index (χ2n) is 5.93. The minimum Gasteiger partial charge on any atom is -0.481 e. The van der Waals surface area contributed by atoms with Crippen LogP contribution < -0.4 is 0 Å². The molecule has 1 aromatic rings. The quantitative estimate of drug-likeness (QED) is 0.872. The van der Waals surface area contributed by atoms with Gasteiger partial charge in [0.1, 0.15) is 0 Å². The van der Waals surface area contributed by atoms with Crippen molar-refractivity contribution in [3.63, 3.8) is 0 Å². The molecule has 0 saturated heterocycles. The number of carbonyl (C=O) groups is 1. The van der Waals surface area contributed by atoms with Crippen molar-refractivity contribution in [2.75, 3.05) is 0 Å². The first kappa shape index (κ1) is 14.1. The summed E-state index contributed by atoms with van der Waals surface area (Å²) in [5.74, 6) is 0.0756. The molecular weight excluding hydrogens is 236 g/mol. The van der Waals surface area contributed by atoms with Crippen LogP contribution >= 0.6 is 0 Å². The van der Waals surface area contributed by atoms with Crippen LogP contribution in [0.4, 0.5) is 0 Å². The van der Waals surface area contributed by atoms with E-state index in [1.165, 1.54) is 24.0 Å². The van der Waals surface area contributed by atoms with Crippen molar-refractivity contribution in [3.05, 3.63) is 35.4 Å². The zero-order chi connectivity index (χ0) is 13.8. The van der Waals surface area contributed by atoms with E-state index in [-0.39, 0.29) is 11.8 Å². The number of carboxylic acid groups (broad SMARTS) is 1. The Morgan fingerprint density at radius 2 is 1.95 bits per heavy atom. The number of aliphatic carboxylic acids is 1. The summed E-state index contributed by atoms with van der Waals surface area (Å²) in [6.45, 7) is 4.28. The third kappa shape index (κ3) is 3.37. The number of carboxylic acids is 1. The van der Waals surface area contributed by atoms with Gasteiger partial charge in [-0.1, -0.05) is 49.6 Å². The maximum Gasteiger partial charge on any atom is 0.307 e. The van der Waals surface area contributed by atoms with Crippen molar-refractivity contribution >= 4 is 5.97 Å². The Bertz CT molecular complexity index is 421. The molecule has 3 atom stereocenters. The average molecular weight is 260 g/mol. The van der Waals surface area contributed by atoms with E-state index in [9.17, 15) is 9.90 Å². The predicted molar refractivity (Wildman–Crippen MR) is 77.3 cm³/mol. The Labute approximate surface area is 115 Å². The molecule has 2 rings (SSSR count). The van der Waals surface area contributed by atoms with Gasteiger partial charge in [0.2, 0.25) is 0 Å². The van der Waals surface area contributed by atoms with Crippen LogP contribution in [0.1, 0.15) is 56.1 Å². The molecule has 1 fully saturated rings. The number of benzene rings is 1. The Balaban J connectivity index is 2.19. The average Bonchev–Trinajstić information content (AvgIpc) is 2.39. The lowest BCUT2D eigenvalue weighted by Gasteiger charge is -2.34. The van der Waals surface area contributed by atoms with Crippen LogP contribution in [0.2, 0.25) is 0 Å². The zero-order valence-electron chi connectivity index (χ0n) is 11.9. The summed E-state index contributed by atoms with van der Waals surface area (Å²) in [6, 6.07) is 8.42. The van der Waals surface area contributed by atoms with E-state index in [0.29, 0.717) is 5.92 Å². The van der Waals surface area contributed by atoms with E-state index in [1.54, 1.807) is 0 Å². The maximum absolute atomic E-state index is 11.5. The summed E-state index contributed by atoms with van der Waals surface area (Å²) < 4.78 is 0. The van der Waals surface area contributed by atoms with Crippen molar-refractivity contribution in [3.8, 4) is 0 Å². The first-order chi connectivity index (χ1) is 9.11. The molecule has 0 bridgehead atoms. The first-order valence-corrected chi connectivity index (χ1v) is 7.41. The molecule has 1 aliphatic carbocycles. The van der Waals surface area contributed by atoms with Gasteiger partial charge in [0.15, 0.2) is 0 Å². The number of hydrogen-bond acceptors (Lipinski definition) is 1. The molecule has 1 N–H and O–H groups in total. The van der Waals surface area contributed by atoms with E-state index in [0.717, 1.165) is 19.3 Å². The number of rotatable bonds is 4. The molecule has 1 saturated carbocycles. The molecule has 0 aliphatic heterocycles. The Hall–Kier alpha value is -1.31. The summed E-state index contributed by atoms with van der Waals surface area (Å²) in [4.78, 5) is 11.5. The van der Waals surface area contributed by atoms with E-state index >= 15 is 0 Å². The molecule has 0 spiro atoms. The second kappa shape index (κ2) is 6.23. The molecular formula is C17H24O2. The highest BCUT2D eigenvalue weighted by atomic mass is 16.4. The lowest BCUT2D eigenvalue weighted by Crippen LogP contribution is -2.29. The minimum absolute atomic E-state index is 0.198. The molecule has 1 aromatic carbocycles. The standard InChI is InChI=1S/C17H24O2/c1-3-4-13-7-10-15(17(18)19)16(11-13)14-8-5-12(2)6-9-14/h5-6,8-9,13,15-16H,3-4,7,10-11H2,1-2H3,(H,18,19). The molecule has 2 nitrogen and oxygen atoms in total. The van der Waals surface area contributed by atoms with E-state index < -0.39 is 5.97 Å². The van der Waals surface area contributed by atoms with Gasteiger partial charge >= 0.3 is 5.97 Å².